The van der Waals surface area contributed by atoms with Crippen molar-refractivity contribution < 1.29 is 13.2 Å². The molecular formula is C15H29ClN4O3S2. The third-order valence-electron chi connectivity index (χ3n) is 5.34. The lowest BCUT2D eigenvalue weighted by molar-refractivity contribution is -0.133. The fraction of sp³-hybridized carbons (Fsp3) is 0.933. The minimum absolute atomic E-state index is 0. The van der Waals surface area contributed by atoms with E-state index < -0.39 is 10.2 Å². The molecule has 7 nitrogen and oxygen atoms in total. The Kier molecular flexibility index (Phi) is 7.84. The van der Waals surface area contributed by atoms with Crippen molar-refractivity contribution >= 4 is 40.3 Å². The molecule has 0 bridgehead atoms. The monoisotopic (exact) mass is 412 g/mol. The molecule has 1 N–H and O–H groups in total. The number of hydrogen-bond donors (Lipinski definition) is 1. The van der Waals surface area contributed by atoms with Crippen LogP contribution in [0.4, 0.5) is 0 Å². The van der Waals surface area contributed by atoms with Gasteiger partial charge in [-0.25, -0.2) is 0 Å². The Balaban J connectivity index is 0.00000225. The van der Waals surface area contributed by atoms with Crippen LogP contribution in [0, 0.1) is 0 Å². The number of nitrogens with one attached hydrogen (secondary N) is 1. The smallest absolute Gasteiger partial charge is 0.282 e. The minimum atomic E-state index is -3.42. The first-order valence-corrected chi connectivity index (χ1v) is 11.4. The van der Waals surface area contributed by atoms with E-state index in [1.165, 1.54) is 6.42 Å². The van der Waals surface area contributed by atoms with Crippen LogP contribution >= 0.6 is 24.2 Å². The number of halogens is 1. The molecule has 2 aliphatic heterocycles. The maximum Gasteiger partial charge on any atom is 0.282 e. The maximum atomic E-state index is 12.9. The molecule has 10 heteroatoms. The summed E-state index contributed by atoms with van der Waals surface area (Å²) in [6.45, 7) is 1.76. The van der Waals surface area contributed by atoms with Crippen LogP contribution in [0.2, 0.25) is 0 Å². The van der Waals surface area contributed by atoms with Gasteiger partial charge in [0.2, 0.25) is 5.91 Å². The topological polar surface area (TPSA) is 73.0 Å². The molecule has 0 spiro atoms. The molecule has 1 aliphatic carbocycles. The van der Waals surface area contributed by atoms with Crippen LogP contribution in [0.25, 0.3) is 0 Å². The van der Waals surface area contributed by atoms with Gasteiger partial charge in [0.25, 0.3) is 10.2 Å². The van der Waals surface area contributed by atoms with Crippen LogP contribution in [0.3, 0.4) is 0 Å². The van der Waals surface area contributed by atoms with Crippen molar-refractivity contribution in [1.82, 2.24) is 18.8 Å². The van der Waals surface area contributed by atoms with E-state index in [-0.39, 0.29) is 30.4 Å². The van der Waals surface area contributed by atoms with Crippen LogP contribution in [-0.2, 0) is 15.0 Å². The Morgan fingerprint density at radius 1 is 1.12 bits per heavy atom. The molecule has 3 rings (SSSR count). The Bertz CT molecular complexity index is 543. The largest absolute Gasteiger partial charge is 0.339 e. The van der Waals surface area contributed by atoms with Crippen LogP contribution in [0.5, 0.6) is 0 Å². The second-order valence-corrected chi connectivity index (χ2v) is 9.83. The number of thioether (sulfide) groups is 1. The standard InChI is InChI=1S/C15H28N4O3S2.ClH/c1-17(13-5-3-2-4-6-13)24(21,22)19-9-7-18(8-10-19)15(20)14-11-23-12-16-14;/h13-14,16H,2-12H2,1H3;1H. The zero-order chi connectivity index (χ0) is 17.2. The minimum Gasteiger partial charge on any atom is -0.339 e. The first kappa shape index (κ1) is 21.2. The van der Waals surface area contributed by atoms with Gasteiger partial charge in [-0.3, -0.25) is 10.1 Å². The lowest BCUT2D eigenvalue weighted by atomic mass is 9.96. The van der Waals surface area contributed by atoms with Crippen LogP contribution in [0.15, 0.2) is 0 Å². The van der Waals surface area contributed by atoms with Crippen molar-refractivity contribution in [3.8, 4) is 0 Å². The summed E-state index contributed by atoms with van der Waals surface area (Å²) in [5.74, 6) is 1.73. The molecule has 146 valence electrons. The van der Waals surface area contributed by atoms with Crippen molar-refractivity contribution in [3.05, 3.63) is 0 Å². The molecule has 0 aromatic heterocycles. The number of carbonyl (C=O) groups is 1. The highest BCUT2D eigenvalue weighted by atomic mass is 35.5. The quantitative estimate of drug-likeness (QED) is 0.736. The first-order chi connectivity index (χ1) is 11.5. The molecule has 2 heterocycles. The first-order valence-electron chi connectivity index (χ1n) is 8.83. The molecule has 3 fully saturated rings. The van der Waals surface area contributed by atoms with Gasteiger partial charge in [0.1, 0.15) is 0 Å². The molecule has 2 saturated heterocycles. The van der Waals surface area contributed by atoms with Gasteiger partial charge in [0, 0.05) is 50.9 Å². The van der Waals surface area contributed by atoms with E-state index in [1.54, 1.807) is 32.3 Å². The predicted molar refractivity (Wildman–Crippen MR) is 103 cm³/mol. The molecule has 1 amide bonds. The molecule has 25 heavy (non-hydrogen) atoms. The summed E-state index contributed by atoms with van der Waals surface area (Å²) in [6, 6.07) is 0.0196. The Morgan fingerprint density at radius 3 is 2.32 bits per heavy atom. The predicted octanol–water partition coefficient (Wildman–Crippen LogP) is 0.724. The highest BCUT2D eigenvalue weighted by Crippen LogP contribution is 2.25. The van der Waals surface area contributed by atoms with Crippen molar-refractivity contribution in [2.24, 2.45) is 0 Å². The van der Waals surface area contributed by atoms with Gasteiger partial charge in [-0.05, 0) is 12.8 Å². The zero-order valence-corrected chi connectivity index (χ0v) is 17.2. The fourth-order valence-corrected chi connectivity index (χ4v) is 6.24. The number of nitrogens with zero attached hydrogens (tertiary/aromatic N) is 3. The number of piperazine rings is 1. The maximum absolute atomic E-state index is 12.9. The van der Waals surface area contributed by atoms with E-state index in [9.17, 15) is 13.2 Å². The lowest BCUT2D eigenvalue weighted by Crippen LogP contribution is -2.57. The van der Waals surface area contributed by atoms with Gasteiger partial charge in [0.15, 0.2) is 0 Å². The molecule has 1 saturated carbocycles. The average Bonchev–Trinajstić information content (AvgIpc) is 3.16. The van der Waals surface area contributed by atoms with E-state index in [4.69, 9.17) is 0 Å². The van der Waals surface area contributed by atoms with Gasteiger partial charge in [0.05, 0.1) is 6.04 Å². The van der Waals surface area contributed by atoms with Gasteiger partial charge in [-0.2, -0.15) is 17.0 Å². The summed E-state index contributed by atoms with van der Waals surface area (Å²) in [7, 11) is -1.71. The number of rotatable bonds is 4. The number of amides is 1. The summed E-state index contributed by atoms with van der Waals surface area (Å²) in [6.07, 6.45) is 5.34. The van der Waals surface area contributed by atoms with Crippen molar-refractivity contribution in [1.29, 1.82) is 0 Å². The molecule has 1 unspecified atom stereocenters. The summed E-state index contributed by atoms with van der Waals surface area (Å²) in [5, 5.41) is 3.19. The zero-order valence-electron chi connectivity index (χ0n) is 14.7. The van der Waals surface area contributed by atoms with E-state index >= 15 is 0 Å². The van der Waals surface area contributed by atoms with Crippen molar-refractivity contribution in [2.75, 3.05) is 44.9 Å². The van der Waals surface area contributed by atoms with Crippen LogP contribution < -0.4 is 5.32 Å². The Morgan fingerprint density at radius 2 is 1.76 bits per heavy atom. The van der Waals surface area contributed by atoms with Crippen molar-refractivity contribution in [3.63, 3.8) is 0 Å². The van der Waals surface area contributed by atoms with E-state index in [0.717, 1.165) is 37.3 Å². The Labute approximate surface area is 161 Å². The molecule has 0 radical (unpaired) electrons. The molecular weight excluding hydrogens is 384 g/mol. The van der Waals surface area contributed by atoms with Crippen LogP contribution in [0.1, 0.15) is 32.1 Å². The van der Waals surface area contributed by atoms with Gasteiger partial charge in [-0.15, -0.1) is 24.2 Å². The second-order valence-electron chi connectivity index (χ2n) is 6.81. The SMILES string of the molecule is CN(C1CCCCC1)S(=O)(=O)N1CCN(C(=O)C2CSCN2)CC1.Cl. The van der Waals surface area contributed by atoms with Crippen LogP contribution in [-0.4, -0.2) is 84.8 Å². The third kappa shape index (κ3) is 4.81. The summed E-state index contributed by atoms with van der Waals surface area (Å²) < 4.78 is 28.8. The number of carbonyl (C=O) groups excluding carboxylic acids is 1. The van der Waals surface area contributed by atoms with Gasteiger partial charge < -0.3 is 4.90 Å². The fourth-order valence-electron chi connectivity index (χ4n) is 3.73. The van der Waals surface area contributed by atoms with Crippen molar-refractivity contribution in [2.45, 2.75) is 44.2 Å². The highest BCUT2D eigenvalue weighted by Gasteiger charge is 2.36. The molecule has 0 aromatic carbocycles. The highest BCUT2D eigenvalue weighted by molar-refractivity contribution is 7.99. The summed E-state index contributed by atoms with van der Waals surface area (Å²) in [4.78, 5) is 14.2. The number of hydrogen-bond acceptors (Lipinski definition) is 5. The average molecular weight is 413 g/mol. The molecule has 1 atom stereocenters. The van der Waals surface area contributed by atoms with E-state index in [1.807, 2.05) is 0 Å². The Hall–Kier alpha value is -0.0600. The van der Waals surface area contributed by atoms with Gasteiger partial charge in [-0.1, -0.05) is 19.3 Å². The van der Waals surface area contributed by atoms with E-state index in [2.05, 4.69) is 5.32 Å². The normalized spacial score (nSPS) is 26.6. The summed E-state index contributed by atoms with van der Waals surface area (Å²) in [5.41, 5.74) is 0. The van der Waals surface area contributed by atoms with E-state index in [0.29, 0.717) is 26.2 Å². The lowest BCUT2D eigenvalue weighted by Gasteiger charge is -2.39. The summed E-state index contributed by atoms with van der Waals surface area (Å²) >= 11 is 1.73. The second kappa shape index (κ2) is 9.23. The third-order valence-corrected chi connectivity index (χ3v) is 8.33. The van der Waals surface area contributed by atoms with Gasteiger partial charge >= 0.3 is 0 Å². The molecule has 3 aliphatic rings. The molecule has 0 aromatic rings.